The van der Waals surface area contributed by atoms with E-state index in [9.17, 15) is 4.79 Å². The molecule has 0 fully saturated rings. The van der Waals surface area contributed by atoms with Crippen molar-refractivity contribution in [2.45, 2.75) is 13.3 Å². The van der Waals surface area contributed by atoms with Crippen molar-refractivity contribution in [1.82, 2.24) is 4.98 Å². The molecule has 21 heavy (non-hydrogen) atoms. The lowest BCUT2D eigenvalue weighted by Crippen LogP contribution is -2.15. The van der Waals surface area contributed by atoms with Crippen molar-refractivity contribution >= 4 is 44.9 Å². The Labute approximate surface area is 136 Å². The van der Waals surface area contributed by atoms with Crippen molar-refractivity contribution in [3.63, 3.8) is 0 Å². The second-order valence-corrected chi connectivity index (χ2v) is 5.90. The first kappa shape index (κ1) is 15.6. The summed E-state index contributed by atoms with van der Waals surface area (Å²) in [5, 5.41) is 2.77. The van der Waals surface area contributed by atoms with E-state index < -0.39 is 0 Å². The van der Waals surface area contributed by atoms with Gasteiger partial charge in [0.1, 0.15) is 10.8 Å². The van der Waals surface area contributed by atoms with E-state index in [2.05, 4.69) is 26.2 Å². The van der Waals surface area contributed by atoms with Crippen LogP contribution in [0.4, 0.5) is 5.82 Å². The standard InChI is InChI=1S/C15H14BrN3OS/c1-9-6-13(18-8-12(9)16)19-14(20)7-10-2-4-11(5-3-10)15(17)21/h2-6,8H,7H2,1H3,(H2,17,21)(H,18,19,20). The maximum atomic E-state index is 12.0. The molecule has 3 N–H and O–H groups in total. The Morgan fingerprint density at radius 1 is 1.38 bits per heavy atom. The molecule has 4 nitrogen and oxygen atoms in total. The number of halogens is 1. The molecule has 0 spiro atoms. The van der Waals surface area contributed by atoms with E-state index in [1.54, 1.807) is 6.20 Å². The number of rotatable bonds is 4. The molecule has 1 amide bonds. The lowest BCUT2D eigenvalue weighted by atomic mass is 10.1. The molecule has 1 aromatic carbocycles. The quantitative estimate of drug-likeness (QED) is 0.819. The van der Waals surface area contributed by atoms with Crippen LogP contribution in [0.1, 0.15) is 16.7 Å². The van der Waals surface area contributed by atoms with Crippen LogP contribution < -0.4 is 11.1 Å². The van der Waals surface area contributed by atoms with Gasteiger partial charge in [-0.3, -0.25) is 4.79 Å². The van der Waals surface area contributed by atoms with Crippen molar-refractivity contribution < 1.29 is 4.79 Å². The first-order valence-electron chi connectivity index (χ1n) is 6.26. The summed E-state index contributed by atoms with van der Waals surface area (Å²) in [5.41, 5.74) is 8.23. The average Bonchev–Trinajstić information content (AvgIpc) is 2.43. The van der Waals surface area contributed by atoms with E-state index in [1.165, 1.54) is 0 Å². The molecule has 0 atom stereocenters. The zero-order chi connectivity index (χ0) is 15.4. The molecule has 0 radical (unpaired) electrons. The van der Waals surface area contributed by atoms with Crippen LogP contribution in [-0.4, -0.2) is 15.9 Å². The number of aromatic nitrogens is 1. The minimum Gasteiger partial charge on any atom is -0.389 e. The summed E-state index contributed by atoms with van der Waals surface area (Å²) in [5.74, 6) is 0.424. The summed E-state index contributed by atoms with van der Waals surface area (Å²) in [7, 11) is 0. The molecular formula is C15H14BrN3OS. The van der Waals surface area contributed by atoms with Crippen molar-refractivity contribution in [3.05, 3.63) is 57.7 Å². The van der Waals surface area contributed by atoms with Crippen LogP contribution in [0.25, 0.3) is 0 Å². The van der Waals surface area contributed by atoms with Gasteiger partial charge < -0.3 is 11.1 Å². The fraction of sp³-hybridized carbons (Fsp3) is 0.133. The summed E-state index contributed by atoms with van der Waals surface area (Å²) >= 11 is 8.26. The molecular weight excluding hydrogens is 350 g/mol. The Kier molecular flexibility index (Phi) is 5.03. The van der Waals surface area contributed by atoms with Crippen molar-refractivity contribution in [2.75, 3.05) is 5.32 Å². The predicted molar refractivity (Wildman–Crippen MR) is 91.3 cm³/mol. The lowest BCUT2D eigenvalue weighted by Gasteiger charge is -2.07. The van der Waals surface area contributed by atoms with Gasteiger partial charge in [-0.15, -0.1) is 0 Å². The molecule has 0 saturated carbocycles. The zero-order valence-corrected chi connectivity index (χ0v) is 13.8. The molecule has 0 aliphatic heterocycles. The van der Waals surface area contributed by atoms with Gasteiger partial charge in [-0.1, -0.05) is 36.5 Å². The number of nitrogens with one attached hydrogen (secondary N) is 1. The molecule has 0 saturated heterocycles. The normalized spacial score (nSPS) is 10.2. The van der Waals surface area contributed by atoms with Gasteiger partial charge >= 0.3 is 0 Å². The SMILES string of the molecule is Cc1cc(NC(=O)Cc2ccc(C(N)=S)cc2)ncc1Br. The number of pyridine rings is 1. The number of amides is 1. The van der Waals surface area contributed by atoms with E-state index in [0.717, 1.165) is 21.2 Å². The smallest absolute Gasteiger partial charge is 0.229 e. The van der Waals surface area contributed by atoms with E-state index in [-0.39, 0.29) is 12.3 Å². The summed E-state index contributed by atoms with van der Waals surface area (Å²) in [6.45, 7) is 1.94. The third-order valence-electron chi connectivity index (χ3n) is 2.92. The third-order valence-corrected chi connectivity index (χ3v) is 3.98. The molecule has 1 heterocycles. The number of hydrogen-bond donors (Lipinski definition) is 2. The first-order valence-corrected chi connectivity index (χ1v) is 7.46. The molecule has 0 bridgehead atoms. The summed E-state index contributed by atoms with van der Waals surface area (Å²) in [6, 6.07) is 9.13. The van der Waals surface area contributed by atoms with E-state index in [0.29, 0.717) is 10.8 Å². The van der Waals surface area contributed by atoms with Gasteiger partial charge in [0, 0.05) is 16.2 Å². The van der Waals surface area contributed by atoms with Crippen LogP contribution >= 0.6 is 28.1 Å². The van der Waals surface area contributed by atoms with Crippen molar-refractivity contribution in [1.29, 1.82) is 0 Å². The number of nitrogens with two attached hydrogens (primary N) is 1. The second kappa shape index (κ2) is 6.78. The Morgan fingerprint density at radius 2 is 2.05 bits per heavy atom. The molecule has 108 valence electrons. The molecule has 0 aliphatic rings. The molecule has 1 aromatic heterocycles. The monoisotopic (exact) mass is 363 g/mol. The fourth-order valence-corrected chi connectivity index (χ4v) is 2.12. The minimum absolute atomic E-state index is 0.118. The summed E-state index contributed by atoms with van der Waals surface area (Å²) in [6.07, 6.45) is 1.94. The Bertz CT molecular complexity index is 686. The maximum absolute atomic E-state index is 12.0. The van der Waals surface area contributed by atoms with E-state index in [1.807, 2.05) is 37.3 Å². The molecule has 2 aromatic rings. The number of carbonyl (C=O) groups is 1. The average molecular weight is 364 g/mol. The van der Waals surface area contributed by atoms with Gasteiger partial charge in [0.25, 0.3) is 0 Å². The fourth-order valence-electron chi connectivity index (χ4n) is 1.77. The number of thiocarbonyl (C=S) groups is 1. The maximum Gasteiger partial charge on any atom is 0.229 e. The number of benzene rings is 1. The number of anilines is 1. The van der Waals surface area contributed by atoms with E-state index >= 15 is 0 Å². The molecule has 0 aliphatic carbocycles. The first-order chi connectivity index (χ1) is 9.95. The Hall–Kier alpha value is -1.79. The van der Waals surface area contributed by atoms with Crippen molar-refractivity contribution in [3.8, 4) is 0 Å². The zero-order valence-electron chi connectivity index (χ0n) is 11.4. The van der Waals surface area contributed by atoms with Crippen LogP contribution in [0.2, 0.25) is 0 Å². The van der Waals surface area contributed by atoms with E-state index in [4.69, 9.17) is 18.0 Å². The van der Waals surface area contributed by atoms with Gasteiger partial charge in [0.2, 0.25) is 5.91 Å². The predicted octanol–water partition coefficient (Wildman–Crippen LogP) is 2.97. The Morgan fingerprint density at radius 3 is 2.62 bits per heavy atom. The highest BCUT2D eigenvalue weighted by Gasteiger charge is 2.06. The molecule has 2 rings (SSSR count). The van der Waals surface area contributed by atoms with Gasteiger partial charge in [-0.05, 0) is 40.0 Å². The Balaban J connectivity index is 2.01. The number of hydrogen-bond acceptors (Lipinski definition) is 3. The van der Waals surface area contributed by atoms with Gasteiger partial charge in [0.15, 0.2) is 0 Å². The number of carbonyl (C=O) groups excluding carboxylic acids is 1. The second-order valence-electron chi connectivity index (χ2n) is 4.60. The minimum atomic E-state index is -0.118. The van der Waals surface area contributed by atoms with Crippen LogP contribution in [0.3, 0.4) is 0 Å². The number of nitrogens with zero attached hydrogens (tertiary/aromatic N) is 1. The van der Waals surface area contributed by atoms with Gasteiger partial charge in [0.05, 0.1) is 6.42 Å². The highest BCUT2D eigenvalue weighted by atomic mass is 79.9. The van der Waals surface area contributed by atoms with Crippen LogP contribution in [0.5, 0.6) is 0 Å². The van der Waals surface area contributed by atoms with Gasteiger partial charge in [-0.2, -0.15) is 0 Å². The largest absolute Gasteiger partial charge is 0.389 e. The summed E-state index contributed by atoms with van der Waals surface area (Å²) < 4.78 is 0.911. The van der Waals surface area contributed by atoms with Crippen LogP contribution in [0, 0.1) is 6.92 Å². The third kappa shape index (κ3) is 4.34. The highest BCUT2D eigenvalue weighted by Crippen LogP contribution is 2.17. The molecule has 0 unspecified atom stereocenters. The topological polar surface area (TPSA) is 68.0 Å². The van der Waals surface area contributed by atoms with Crippen molar-refractivity contribution in [2.24, 2.45) is 5.73 Å². The number of aryl methyl sites for hydroxylation is 1. The van der Waals surface area contributed by atoms with Crippen LogP contribution in [0.15, 0.2) is 41.0 Å². The van der Waals surface area contributed by atoms with Gasteiger partial charge in [-0.25, -0.2) is 4.98 Å². The molecule has 6 heteroatoms. The van der Waals surface area contributed by atoms with Crippen LogP contribution in [-0.2, 0) is 11.2 Å². The highest BCUT2D eigenvalue weighted by molar-refractivity contribution is 9.10. The summed E-state index contributed by atoms with van der Waals surface area (Å²) in [4.78, 5) is 16.5. The lowest BCUT2D eigenvalue weighted by molar-refractivity contribution is -0.115.